The number of hydrogen-bond acceptors (Lipinski definition) is 2. The molecule has 4 heteroatoms. The van der Waals surface area contributed by atoms with Crippen molar-refractivity contribution >= 4 is 21.8 Å². The van der Waals surface area contributed by atoms with Gasteiger partial charge in [0, 0.05) is 25.7 Å². The highest BCUT2D eigenvalue weighted by molar-refractivity contribution is 9.10. The van der Waals surface area contributed by atoms with Crippen LogP contribution in [0.3, 0.4) is 0 Å². The number of carbonyl (C=O) groups excluding carboxylic acids is 1. The van der Waals surface area contributed by atoms with E-state index in [4.69, 9.17) is 0 Å². The van der Waals surface area contributed by atoms with E-state index in [1.165, 1.54) is 12.0 Å². The van der Waals surface area contributed by atoms with E-state index >= 15 is 0 Å². The van der Waals surface area contributed by atoms with Crippen molar-refractivity contribution in [2.45, 2.75) is 43.1 Å². The van der Waals surface area contributed by atoms with Crippen LogP contribution in [0, 0.1) is 0 Å². The maximum Gasteiger partial charge on any atom is 0.236 e. The first-order valence-corrected chi connectivity index (χ1v) is 8.86. The van der Waals surface area contributed by atoms with Gasteiger partial charge in [-0.3, -0.25) is 9.69 Å². The lowest BCUT2D eigenvalue weighted by Crippen LogP contribution is -2.53. The predicted octanol–water partition coefficient (Wildman–Crippen LogP) is 3.04. The van der Waals surface area contributed by atoms with E-state index < -0.39 is 0 Å². The van der Waals surface area contributed by atoms with Gasteiger partial charge in [-0.2, -0.15) is 0 Å². The van der Waals surface area contributed by atoms with Crippen LogP contribution in [0.4, 0.5) is 0 Å². The third-order valence-corrected chi connectivity index (χ3v) is 5.43. The molecule has 21 heavy (non-hydrogen) atoms. The first kappa shape index (κ1) is 15.0. The molecule has 2 unspecified atom stereocenters. The van der Waals surface area contributed by atoms with Gasteiger partial charge in [0.25, 0.3) is 0 Å². The van der Waals surface area contributed by atoms with Gasteiger partial charge in [0.15, 0.2) is 0 Å². The lowest BCUT2D eigenvalue weighted by Gasteiger charge is -2.42. The second-order valence-electron chi connectivity index (χ2n) is 6.16. The average molecular weight is 351 g/mol. The van der Waals surface area contributed by atoms with Crippen molar-refractivity contribution in [1.82, 2.24) is 9.80 Å². The van der Waals surface area contributed by atoms with Crippen LogP contribution < -0.4 is 0 Å². The molecule has 1 aromatic rings. The summed E-state index contributed by atoms with van der Waals surface area (Å²) in [6, 6.07) is 11.0. The van der Waals surface area contributed by atoms with Gasteiger partial charge in [0.05, 0.1) is 4.83 Å². The number of hydrogen-bond donors (Lipinski definition) is 0. The number of piperidine rings is 2. The molecular weight excluding hydrogens is 328 g/mol. The number of likely N-dealkylation sites (tertiary alicyclic amines) is 2. The van der Waals surface area contributed by atoms with Crippen molar-refractivity contribution in [2.24, 2.45) is 0 Å². The van der Waals surface area contributed by atoms with E-state index in [-0.39, 0.29) is 4.83 Å². The van der Waals surface area contributed by atoms with Crippen LogP contribution in [0.2, 0.25) is 0 Å². The topological polar surface area (TPSA) is 23.6 Å². The fraction of sp³-hybridized carbons (Fsp3) is 0.588. The number of rotatable bonds is 3. The predicted molar refractivity (Wildman–Crippen MR) is 88.4 cm³/mol. The lowest BCUT2D eigenvalue weighted by atomic mass is 10.00. The molecule has 2 fully saturated rings. The molecule has 3 nitrogen and oxygen atoms in total. The second kappa shape index (κ2) is 6.93. The second-order valence-corrected chi connectivity index (χ2v) is 7.26. The van der Waals surface area contributed by atoms with Crippen LogP contribution in [-0.4, -0.2) is 46.2 Å². The van der Waals surface area contributed by atoms with Gasteiger partial charge in [-0.15, -0.1) is 0 Å². The minimum Gasteiger partial charge on any atom is -0.337 e. The first-order valence-electron chi connectivity index (χ1n) is 7.95. The standard InChI is InChI=1S/C17H23BrN2O/c18-16-9-5-11-20(17(16)21)15-8-4-10-19(13-15)12-14-6-2-1-3-7-14/h1-3,6-7,15-16H,4-5,8-13H2. The van der Waals surface area contributed by atoms with E-state index in [9.17, 15) is 4.79 Å². The zero-order valence-corrected chi connectivity index (χ0v) is 14.0. The largest absolute Gasteiger partial charge is 0.337 e. The molecule has 114 valence electrons. The number of alkyl halides is 1. The smallest absolute Gasteiger partial charge is 0.236 e. The molecule has 2 aliphatic heterocycles. The van der Waals surface area contributed by atoms with E-state index in [1.807, 2.05) is 0 Å². The summed E-state index contributed by atoms with van der Waals surface area (Å²) in [7, 11) is 0. The Kier molecular flexibility index (Phi) is 4.96. The molecule has 2 saturated heterocycles. The third-order valence-electron chi connectivity index (χ3n) is 4.58. The molecule has 0 saturated carbocycles. The molecule has 2 atom stereocenters. The molecule has 1 aromatic carbocycles. The number of halogens is 1. The van der Waals surface area contributed by atoms with Crippen LogP contribution in [0.1, 0.15) is 31.2 Å². The van der Waals surface area contributed by atoms with Crippen molar-refractivity contribution in [3.05, 3.63) is 35.9 Å². The number of benzene rings is 1. The molecule has 0 spiro atoms. The number of amides is 1. The minimum atomic E-state index is 0.0377. The Morgan fingerprint density at radius 2 is 1.86 bits per heavy atom. The Balaban J connectivity index is 1.61. The van der Waals surface area contributed by atoms with Gasteiger partial charge in [0.1, 0.15) is 0 Å². The highest BCUT2D eigenvalue weighted by Gasteiger charge is 2.33. The number of nitrogens with zero attached hydrogens (tertiary/aromatic N) is 2. The van der Waals surface area contributed by atoms with Gasteiger partial charge >= 0.3 is 0 Å². The summed E-state index contributed by atoms with van der Waals surface area (Å²) in [6.07, 6.45) is 4.44. The Hall–Kier alpha value is -0.870. The Bertz CT molecular complexity index is 479. The van der Waals surface area contributed by atoms with Crippen molar-refractivity contribution in [1.29, 1.82) is 0 Å². The van der Waals surface area contributed by atoms with Gasteiger partial charge in [-0.1, -0.05) is 46.3 Å². The lowest BCUT2D eigenvalue weighted by molar-refractivity contribution is -0.136. The fourth-order valence-corrected chi connectivity index (χ4v) is 4.07. The highest BCUT2D eigenvalue weighted by atomic mass is 79.9. The maximum atomic E-state index is 12.4. The summed E-state index contributed by atoms with van der Waals surface area (Å²) in [5.41, 5.74) is 1.36. The highest BCUT2D eigenvalue weighted by Crippen LogP contribution is 2.25. The minimum absolute atomic E-state index is 0.0377. The molecule has 0 aliphatic carbocycles. The van der Waals surface area contributed by atoms with Crippen LogP contribution >= 0.6 is 15.9 Å². The van der Waals surface area contributed by atoms with E-state index in [0.717, 1.165) is 45.4 Å². The summed E-state index contributed by atoms with van der Waals surface area (Å²) in [5.74, 6) is 0.299. The van der Waals surface area contributed by atoms with Gasteiger partial charge in [-0.25, -0.2) is 0 Å². The molecule has 0 bridgehead atoms. The summed E-state index contributed by atoms with van der Waals surface area (Å²) in [6.45, 7) is 4.09. The first-order chi connectivity index (χ1) is 10.2. The summed E-state index contributed by atoms with van der Waals surface area (Å²) < 4.78 is 0. The van der Waals surface area contributed by atoms with Crippen molar-refractivity contribution in [3.63, 3.8) is 0 Å². The van der Waals surface area contributed by atoms with Crippen LogP contribution in [0.5, 0.6) is 0 Å². The molecule has 2 heterocycles. The van der Waals surface area contributed by atoms with Gasteiger partial charge < -0.3 is 4.90 Å². The number of carbonyl (C=O) groups is 1. The summed E-state index contributed by atoms with van der Waals surface area (Å²) >= 11 is 3.52. The van der Waals surface area contributed by atoms with Crippen molar-refractivity contribution in [2.75, 3.05) is 19.6 Å². The molecule has 3 rings (SSSR count). The van der Waals surface area contributed by atoms with Gasteiger partial charge in [0.2, 0.25) is 5.91 Å². The Morgan fingerprint density at radius 3 is 2.67 bits per heavy atom. The zero-order chi connectivity index (χ0) is 14.7. The van der Waals surface area contributed by atoms with Crippen molar-refractivity contribution in [3.8, 4) is 0 Å². The quantitative estimate of drug-likeness (QED) is 0.782. The average Bonchev–Trinajstić information content (AvgIpc) is 2.51. The SMILES string of the molecule is O=C1C(Br)CCCN1C1CCCN(Cc2ccccc2)C1. The molecule has 0 aromatic heterocycles. The Morgan fingerprint density at radius 1 is 1.10 bits per heavy atom. The maximum absolute atomic E-state index is 12.4. The summed E-state index contributed by atoms with van der Waals surface area (Å²) in [4.78, 5) is 17.0. The molecule has 1 amide bonds. The van der Waals surface area contributed by atoms with E-state index in [1.54, 1.807) is 0 Å². The van der Waals surface area contributed by atoms with Crippen LogP contribution in [0.25, 0.3) is 0 Å². The summed E-state index contributed by atoms with van der Waals surface area (Å²) in [5, 5.41) is 0. The molecule has 0 N–H and O–H groups in total. The van der Waals surface area contributed by atoms with E-state index in [2.05, 4.69) is 56.1 Å². The van der Waals surface area contributed by atoms with Crippen molar-refractivity contribution < 1.29 is 4.79 Å². The third kappa shape index (κ3) is 3.67. The Labute approximate surface area is 135 Å². The van der Waals surface area contributed by atoms with Gasteiger partial charge in [-0.05, 0) is 37.8 Å². The fourth-order valence-electron chi connectivity index (χ4n) is 3.49. The molecule has 0 radical (unpaired) electrons. The van der Waals surface area contributed by atoms with E-state index in [0.29, 0.717) is 11.9 Å². The monoisotopic (exact) mass is 350 g/mol. The molecule has 2 aliphatic rings. The normalized spacial score (nSPS) is 27.9. The van der Waals surface area contributed by atoms with Crippen LogP contribution in [-0.2, 0) is 11.3 Å². The zero-order valence-electron chi connectivity index (χ0n) is 12.4. The van der Waals surface area contributed by atoms with Crippen LogP contribution in [0.15, 0.2) is 30.3 Å². The molecular formula is C17H23BrN2O.